The van der Waals surface area contributed by atoms with Crippen LogP contribution in [-0.2, 0) is 17.9 Å². The van der Waals surface area contributed by atoms with E-state index in [1.165, 1.54) is 22.6 Å². The molecule has 0 spiro atoms. The lowest BCUT2D eigenvalue weighted by Gasteiger charge is -2.25. The average Bonchev–Trinajstić information content (AvgIpc) is 3.27. The number of nitrogens with zero attached hydrogens (tertiary/aromatic N) is 1. The fraction of sp³-hybridized carbons (Fsp3) is 0.500. The molecule has 0 aliphatic carbocycles. The van der Waals surface area contributed by atoms with Crippen LogP contribution in [-0.4, -0.2) is 23.9 Å². The summed E-state index contributed by atoms with van der Waals surface area (Å²) in [5, 5.41) is 7.55. The minimum absolute atomic E-state index is 0. The lowest BCUT2D eigenvalue weighted by molar-refractivity contribution is -0.132. The van der Waals surface area contributed by atoms with E-state index in [-0.39, 0.29) is 12.4 Å². The first-order valence-electron chi connectivity index (χ1n) is 8.34. The fourth-order valence-corrected chi connectivity index (χ4v) is 4.51. The summed E-state index contributed by atoms with van der Waals surface area (Å²) in [4.78, 5) is 17.3. The topological polar surface area (TPSA) is 32.3 Å². The number of hydrogen-bond donors (Lipinski definition) is 1. The Bertz CT molecular complexity index is 544. The number of thiophene rings is 2. The summed E-state index contributed by atoms with van der Waals surface area (Å²) in [6.45, 7) is 3.68. The summed E-state index contributed by atoms with van der Waals surface area (Å²) in [5.41, 5.74) is 0. The maximum atomic E-state index is 12.8. The van der Waals surface area contributed by atoms with Crippen LogP contribution in [0.4, 0.5) is 0 Å². The molecular formula is C18H25ClN2OS2. The zero-order valence-corrected chi connectivity index (χ0v) is 16.2. The lowest BCUT2D eigenvalue weighted by Crippen LogP contribution is -2.31. The van der Waals surface area contributed by atoms with E-state index in [2.05, 4.69) is 40.3 Å². The Morgan fingerprint density at radius 2 is 1.67 bits per heavy atom. The van der Waals surface area contributed by atoms with Crippen LogP contribution in [0.3, 0.4) is 0 Å². The van der Waals surface area contributed by atoms with E-state index >= 15 is 0 Å². The number of halogens is 1. The second-order valence-corrected chi connectivity index (χ2v) is 8.21. The van der Waals surface area contributed by atoms with Crippen molar-refractivity contribution in [2.24, 2.45) is 5.92 Å². The van der Waals surface area contributed by atoms with Gasteiger partial charge in [-0.1, -0.05) is 12.1 Å². The predicted molar refractivity (Wildman–Crippen MR) is 105 cm³/mol. The SMILES string of the molecule is Cl.O=C(CCC1CCNCC1)N(Cc1cccs1)Cc1cccs1. The quantitative estimate of drug-likeness (QED) is 0.760. The molecular weight excluding hydrogens is 360 g/mol. The van der Waals surface area contributed by atoms with Gasteiger partial charge in [-0.05, 0) is 61.2 Å². The van der Waals surface area contributed by atoms with Crippen molar-refractivity contribution in [2.75, 3.05) is 13.1 Å². The van der Waals surface area contributed by atoms with Gasteiger partial charge in [0.05, 0.1) is 13.1 Å². The Morgan fingerprint density at radius 3 is 2.17 bits per heavy atom. The van der Waals surface area contributed by atoms with Gasteiger partial charge in [0, 0.05) is 16.2 Å². The number of amides is 1. The van der Waals surface area contributed by atoms with Crippen molar-refractivity contribution >= 4 is 41.0 Å². The number of piperidine rings is 1. The molecule has 1 fully saturated rings. The zero-order chi connectivity index (χ0) is 15.9. The molecule has 3 rings (SSSR count). The van der Waals surface area contributed by atoms with E-state index in [9.17, 15) is 4.79 Å². The third-order valence-electron chi connectivity index (χ3n) is 4.43. The molecule has 2 aromatic rings. The molecule has 2 aromatic heterocycles. The molecule has 1 aliphatic rings. The van der Waals surface area contributed by atoms with Gasteiger partial charge < -0.3 is 10.2 Å². The summed E-state index contributed by atoms with van der Waals surface area (Å²) in [7, 11) is 0. The monoisotopic (exact) mass is 384 g/mol. The minimum atomic E-state index is 0. The van der Waals surface area contributed by atoms with Gasteiger partial charge in [0.25, 0.3) is 0 Å². The molecule has 0 radical (unpaired) electrons. The number of carbonyl (C=O) groups is 1. The summed E-state index contributed by atoms with van der Waals surface area (Å²) >= 11 is 3.46. The zero-order valence-electron chi connectivity index (χ0n) is 13.8. The van der Waals surface area contributed by atoms with Crippen LogP contribution in [0.1, 0.15) is 35.4 Å². The van der Waals surface area contributed by atoms with Gasteiger partial charge in [0.2, 0.25) is 5.91 Å². The molecule has 1 amide bonds. The van der Waals surface area contributed by atoms with Crippen LogP contribution >= 0.6 is 35.1 Å². The van der Waals surface area contributed by atoms with Crippen LogP contribution < -0.4 is 5.32 Å². The molecule has 0 saturated carbocycles. The highest BCUT2D eigenvalue weighted by atomic mass is 35.5. The molecule has 1 saturated heterocycles. The molecule has 0 aromatic carbocycles. The van der Waals surface area contributed by atoms with E-state index in [0.29, 0.717) is 18.2 Å². The fourth-order valence-electron chi connectivity index (χ4n) is 3.07. The molecule has 1 N–H and O–H groups in total. The molecule has 1 aliphatic heterocycles. The second kappa shape index (κ2) is 10.2. The molecule has 3 heterocycles. The third kappa shape index (κ3) is 5.88. The van der Waals surface area contributed by atoms with Crippen molar-refractivity contribution in [2.45, 2.75) is 38.8 Å². The van der Waals surface area contributed by atoms with Gasteiger partial charge in [0.1, 0.15) is 0 Å². The first kappa shape index (κ1) is 19.4. The van der Waals surface area contributed by atoms with E-state index in [0.717, 1.165) is 32.6 Å². The summed E-state index contributed by atoms with van der Waals surface area (Å²) in [6.07, 6.45) is 4.14. The molecule has 0 bridgehead atoms. The Labute approximate surface area is 158 Å². The van der Waals surface area contributed by atoms with Crippen LogP contribution in [0, 0.1) is 5.92 Å². The highest BCUT2D eigenvalue weighted by Gasteiger charge is 2.19. The Kier molecular flexibility index (Phi) is 8.25. The number of carbonyl (C=O) groups excluding carboxylic acids is 1. The van der Waals surface area contributed by atoms with Gasteiger partial charge in [-0.3, -0.25) is 4.79 Å². The maximum Gasteiger partial charge on any atom is 0.223 e. The van der Waals surface area contributed by atoms with Crippen molar-refractivity contribution in [1.29, 1.82) is 0 Å². The number of hydrogen-bond acceptors (Lipinski definition) is 4. The van der Waals surface area contributed by atoms with Gasteiger partial charge in [0.15, 0.2) is 0 Å². The highest BCUT2D eigenvalue weighted by molar-refractivity contribution is 7.10. The molecule has 0 unspecified atom stereocenters. The van der Waals surface area contributed by atoms with Gasteiger partial charge in [-0.25, -0.2) is 0 Å². The molecule has 6 heteroatoms. The first-order chi connectivity index (χ1) is 11.3. The summed E-state index contributed by atoms with van der Waals surface area (Å²) in [6, 6.07) is 8.35. The summed E-state index contributed by atoms with van der Waals surface area (Å²) < 4.78 is 0. The van der Waals surface area contributed by atoms with Crippen LogP contribution in [0.2, 0.25) is 0 Å². The van der Waals surface area contributed by atoms with E-state index < -0.39 is 0 Å². The average molecular weight is 385 g/mol. The van der Waals surface area contributed by atoms with Crippen molar-refractivity contribution in [3.8, 4) is 0 Å². The highest BCUT2D eigenvalue weighted by Crippen LogP contribution is 2.21. The molecule has 0 atom stereocenters. The number of nitrogens with one attached hydrogen (secondary N) is 1. The Hall–Kier alpha value is -0.880. The Balaban J connectivity index is 0.00000208. The van der Waals surface area contributed by atoms with E-state index in [4.69, 9.17) is 0 Å². The predicted octanol–water partition coefficient (Wildman–Crippen LogP) is 4.54. The smallest absolute Gasteiger partial charge is 0.223 e. The van der Waals surface area contributed by atoms with E-state index in [1.807, 2.05) is 4.90 Å². The van der Waals surface area contributed by atoms with Crippen molar-refractivity contribution in [3.05, 3.63) is 44.8 Å². The van der Waals surface area contributed by atoms with Crippen molar-refractivity contribution < 1.29 is 4.79 Å². The minimum Gasteiger partial charge on any atom is -0.332 e. The lowest BCUT2D eigenvalue weighted by atomic mass is 9.93. The molecule has 24 heavy (non-hydrogen) atoms. The van der Waals surface area contributed by atoms with Crippen molar-refractivity contribution in [1.82, 2.24) is 10.2 Å². The van der Waals surface area contributed by atoms with Crippen LogP contribution in [0.15, 0.2) is 35.0 Å². The van der Waals surface area contributed by atoms with Crippen LogP contribution in [0.5, 0.6) is 0 Å². The first-order valence-corrected chi connectivity index (χ1v) is 10.1. The molecule has 3 nitrogen and oxygen atoms in total. The largest absolute Gasteiger partial charge is 0.332 e. The number of rotatable bonds is 7. The second-order valence-electron chi connectivity index (χ2n) is 6.14. The standard InChI is InChI=1S/C18H24N2OS2.ClH/c21-18(6-5-15-7-9-19-10-8-15)20(13-16-3-1-11-22-16)14-17-4-2-12-23-17;/h1-4,11-12,15,19H,5-10,13-14H2;1H. The Morgan fingerprint density at radius 1 is 1.08 bits per heavy atom. The van der Waals surface area contributed by atoms with Gasteiger partial charge in [-0.2, -0.15) is 0 Å². The summed E-state index contributed by atoms with van der Waals surface area (Å²) in [5.74, 6) is 1.01. The van der Waals surface area contributed by atoms with Gasteiger partial charge in [-0.15, -0.1) is 35.1 Å². The molecule has 132 valence electrons. The normalized spacial score (nSPS) is 15.0. The third-order valence-corrected chi connectivity index (χ3v) is 6.15. The van der Waals surface area contributed by atoms with Gasteiger partial charge >= 0.3 is 0 Å². The van der Waals surface area contributed by atoms with Crippen molar-refractivity contribution in [3.63, 3.8) is 0 Å². The van der Waals surface area contributed by atoms with Crippen LogP contribution in [0.25, 0.3) is 0 Å². The van der Waals surface area contributed by atoms with E-state index in [1.54, 1.807) is 22.7 Å². The maximum absolute atomic E-state index is 12.8.